The molecule has 2 aliphatic heterocycles. The number of carbonyl (C=O) groups is 4. The van der Waals surface area contributed by atoms with Crippen molar-refractivity contribution in [3.8, 4) is 23.1 Å². The molecule has 0 aliphatic carbocycles. The zero-order chi connectivity index (χ0) is 44.2. The maximum absolute atomic E-state index is 14.0. The summed E-state index contributed by atoms with van der Waals surface area (Å²) >= 11 is 0. The van der Waals surface area contributed by atoms with Gasteiger partial charge in [0.25, 0.3) is 11.8 Å². The van der Waals surface area contributed by atoms with Crippen LogP contribution in [0.15, 0.2) is 115 Å². The van der Waals surface area contributed by atoms with E-state index in [1.807, 2.05) is 109 Å². The molecular formula is C49H45N9O6. The molecule has 9 rings (SSSR count). The van der Waals surface area contributed by atoms with Gasteiger partial charge in [0.05, 0.1) is 54.7 Å². The van der Waals surface area contributed by atoms with Crippen LogP contribution in [-0.4, -0.2) is 86.0 Å². The minimum Gasteiger partial charge on any atom is -0.453 e. The van der Waals surface area contributed by atoms with E-state index in [1.165, 1.54) is 14.2 Å². The number of benzene rings is 4. The van der Waals surface area contributed by atoms with Crippen molar-refractivity contribution < 1.29 is 28.7 Å². The van der Waals surface area contributed by atoms with Crippen LogP contribution < -0.4 is 10.6 Å². The molecular weight excluding hydrogens is 811 g/mol. The summed E-state index contributed by atoms with van der Waals surface area (Å²) in [5.41, 5.74) is 6.80. The van der Waals surface area contributed by atoms with Crippen LogP contribution in [-0.2, 0) is 19.1 Å². The average molecular weight is 856 g/mol. The zero-order valence-electron chi connectivity index (χ0n) is 35.2. The van der Waals surface area contributed by atoms with Crippen molar-refractivity contribution in [1.29, 1.82) is 0 Å². The minimum absolute atomic E-state index is 0.226. The van der Waals surface area contributed by atoms with Gasteiger partial charge in [0.1, 0.15) is 29.4 Å². The van der Waals surface area contributed by atoms with Gasteiger partial charge in [-0.3, -0.25) is 9.59 Å². The molecule has 15 nitrogen and oxygen atoms in total. The lowest BCUT2D eigenvalue weighted by Gasteiger charge is -2.28. The number of amides is 4. The number of aromatic nitrogens is 5. The molecule has 0 bridgehead atoms. The van der Waals surface area contributed by atoms with Crippen LogP contribution in [0, 0.1) is 11.8 Å². The maximum Gasteiger partial charge on any atom is 0.407 e. The number of ether oxygens (including phenoxy) is 2. The highest BCUT2D eigenvalue weighted by Gasteiger charge is 2.38. The predicted octanol–water partition coefficient (Wildman–Crippen LogP) is 7.42. The highest BCUT2D eigenvalue weighted by Crippen LogP contribution is 2.36. The van der Waals surface area contributed by atoms with Crippen LogP contribution in [0.5, 0.6) is 0 Å². The number of fused-ring (bicyclic) bond motifs is 2. The third-order valence-electron chi connectivity index (χ3n) is 11.8. The molecule has 5 heterocycles. The fraction of sp³-hybridized carbons (Fsp3) is 0.245. The molecule has 0 radical (unpaired) electrons. The highest BCUT2D eigenvalue weighted by molar-refractivity contribution is 5.89. The molecule has 2 aliphatic rings. The Labute approximate surface area is 368 Å². The van der Waals surface area contributed by atoms with Gasteiger partial charge in [-0.1, -0.05) is 72.7 Å². The molecule has 4 unspecified atom stereocenters. The Kier molecular flexibility index (Phi) is 11.7. The van der Waals surface area contributed by atoms with E-state index in [-0.39, 0.29) is 23.9 Å². The minimum atomic E-state index is -0.899. The van der Waals surface area contributed by atoms with Crippen molar-refractivity contribution in [2.24, 2.45) is 0 Å². The first-order valence-corrected chi connectivity index (χ1v) is 21.1. The summed E-state index contributed by atoms with van der Waals surface area (Å²) in [6.45, 7) is 1.07. The molecule has 4 amide bonds. The van der Waals surface area contributed by atoms with Gasteiger partial charge in [-0.15, -0.1) is 0 Å². The Morgan fingerprint density at radius 1 is 0.672 bits per heavy atom. The van der Waals surface area contributed by atoms with Crippen LogP contribution in [0.4, 0.5) is 9.59 Å². The van der Waals surface area contributed by atoms with Gasteiger partial charge in [-0.2, -0.15) is 0 Å². The maximum atomic E-state index is 14.0. The molecule has 0 saturated carbocycles. The number of nitrogens with zero attached hydrogens (tertiary/aromatic N) is 5. The molecule has 2 saturated heterocycles. The van der Waals surface area contributed by atoms with Gasteiger partial charge in [0.15, 0.2) is 0 Å². The van der Waals surface area contributed by atoms with Gasteiger partial charge >= 0.3 is 12.2 Å². The largest absolute Gasteiger partial charge is 0.453 e. The molecule has 322 valence electrons. The van der Waals surface area contributed by atoms with Gasteiger partial charge in [-0.25, -0.2) is 24.5 Å². The lowest BCUT2D eigenvalue weighted by Crippen LogP contribution is -2.42. The Bertz CT molecular complexity index is 2920. The molecule has 3 aromatic heterocycles. The summed E-state index contributed by atoms with van der Waals surface area (Å²) < 4.78 is 9.66. The van der Waals surface area contributed by atoms with Crippen molar-refractivity contribution in [2.75, 3.05) is 27.3 Å². The van der Waals surface area contributed by atoms with Gasteiger partial charge in [0.2, 0.25) is 0 Å². The number of methoxy groups -OCH3 is 2. The van der Waals surface area contributed by atoms with E-state index in [0.29, 0.717) is 41.6 Å². The van der Waals surface area contributed by atoms with E-state index < -0.39 is 24.3 Å². The second-order valence-electron chi connectivity index (χ2n) is 15.7. The molecule has 4 N–H and O–H groups in total. The SMILES string of the molecule is COC(=O)NC(C(=O)N1CCCC1c1ncc(-c2ccc3nc(C#Cc4ccc5nc(C6CCCN6C(=O)C(NC(=O)OC)c6ccccc6)[nH]c5c4)ccc3c2)[nH]1)c1ccccc1. The van der Waals surface area contributed by atoms with Crippen LogP contribution in [0.1, 0.15) is 83.9 Å². The van der Waals surface area contributed by atoms with Crippen molar-refractivity contribution in [1.82, 2.24) is 45.4 Å². The Hall–Kier alpha value is -7.99. The Morgan fingerprint density at radius 3 is 1.91 bits per heavy atom. The third-order valence-corrected chi connectivity index (χ3v) is 11.8. The quantitative estimate of drug-likeness (QED) is 0.107. The number of likely N-dealkylation sites (tertiary alicyclic amines) is 2. The summed E-state index contributed by atoms with van der Waals surface area (Å²) in [7, 11) is 2.55. The van der Waals surface area contributed by atoms with Crippen molar-refractivity contribution in [2.45, 2.75) is 49.9 Å². The van der Waals surface area contributed by atoms with Gasteiger partial charge in [-0.05, 0) is 85.2 Å². The molecule has 4 atom stereocenters. The summed E-state index contributed by atoms with van der Waals surface area (Å²) in [6.07, 6.45) is 3.48. The third kappa shape index (κ3) is 8.58. The highest BCUT2D eigenvalue weighted by atomic mass is 16.5. The molecule has 4 aromatic carbocycles. The number of carbonyl (C=O) groups excluding carboxylic acids is 4. The topological polar surface area (TPSA) is 188 Å². The number of aromatic amines is 2. The van der Waals surface area contributed by atoms with E-state index in [4.69, 9.17) is 24.4 Å². The first kappa shape index (κ1) is 41.4. The molecule has 7 aromatic rings. The van der Waals surface area contributed by atoms with Crippen molar-refractivity contribution >= 4 is 45.9 Å². The van der Waals surface area contributed by atoms with Crippen LogP contribution in [0.25, 0.3) is 33.2 Å². The second-order valence-corrected chi connectivity index (χ2v) is 15.7. The molecule has 15 heteroatoms. The van der Waals surface area contributed by atoms with Gasteiger partial charge in [0, 0.05) is 29.6 Å². The second kappa shape index (κ2) is 18.2. The number of H-pyrrole nitrogens is 2. The zero-order valence-corrected chi connectivity index (χ0v) is 35.2. The van der Waals surface area contributed by atoms with E-state index in [2.05, 4.69) is 32.4 Å². The standard InChI is InChI=1S/C49H45N9O6/c1-63-48(61)55-42(31-11-5-3-6-12-31)46(59)57-25-9-15-40(57)44-50-29-39(54-44)34-20-24-36-33(28-34)19-22-35(51-36)21-17-30-18-23-37-38(27-30)53-45(52-37)41-16-10-26-58(41)47(60)43(56-49(62)64-2)32-13-7-4-8-14-32/h3-8,11-14,18-20,22-24,27-29,40-43H,9-10,15-16,25-26H2,1-2H3,(H,50,54)(H,52,53)(H,55,61)(H,56,62). The van der Waals surface area contributed by atoms with E-state index in [0.717, 1.165) is 64.4 Å². The molecule has 64 heavy (non-hydrogen) atoms. The van der Waals surface area contributed by atoms with Crippen LogP contribution >= 0.6 is 0 Å². The number of imidazole rings is 2. The Balaban J connectivity index is 0.885. The van der Waals surface area contributed by atoms with Crippen LogP contribution in [0.2, 0.25) is 0 Å². The van der Waals surface area contributed by atoms with Crippen LogP contribution in [0.3, 0.4) is 0 Å². The van der Waals surface area contributed by atoms with Crippen molar-refractivity contribution in [3.63, 3.8) is 0 Å². The summed E-state index contributed by atoms with van der Waals surface area (Å²) in [5, 5.41) is 6.35. The van der Waals surface area contributed by atoms with E-state index in [1.54, 1.807) is 16.0 Å². The normalized spacial score (nSPS) is 16.8. The smallest absolute Gasteiger partial charge is 0.407 e. The first-order valence-electron chi connectivity index (χ1n) is 21.1. The number of hydrogen-bond acceptors (Lipinski definition) is 9. The van der Waals surface area contributed by atoms with Gasteiger partial charge < -0.3 is 39.9 Å². The number of hydrogen-bond donors (Lipinski definition) is 4. The summed E-state index contributed by atoms with van der Waals surface area (Å²) in [5.74, 6) is 7.34. The van der Waals surface area contributed by atoms with E-state index >= 15 is 0 Å². The summed E-state index contributed by atoms with van der Waals surface area (Å²) in [6, 6.07) is 31.5. The molecule has 0 spiro atoms. The predicted molar refractivity (Wildman–Crippen MR) is 238 cm³/mol. The number of rotatable bonds is 9. The van der Waals surface area contributed by atoms with E-state index in [9.17, 15) is 19.2 Å². The molecule has 2 fully saturated rings. The number of nitrogens with one attached hydrogen (secondary N) is 4. The average Bonchev–Trinajstić information content (AvgIpc) is 4.18. The van der Waals surface area contributed by atoms with Crippen molar-refractivity contribution in [3.05, 3.63) is 149 Å². The number of pyridine rings is 1. The lowest BCUT2D eigenvalue weighted by molar-refractivity contribution is -0.135. The fourth-order valence-corrected chi connectivity index (χ4v) is 8.60. The summed E-state index contributed by atoms with van der Waals surface area (Å²) in [4.78, 5) is 77.2. The fourth-order valence-electron chi connectivity index (χ4n) is 8.60. The lowest BCUT2D eigenvalue weighted by atomic mass is 10.1. The number of alkyl carbamates (subject to hydrolysis) is 2. The Morgan fingerprint density at radius 2 is 1.28 bits per heavy atom. The monoisotopic (exact) mass is 855 g/mol. The first-order chi connectivity index (χ1) is 31.3.